The summed E-state index contributed by atoms with van der Waals surface area (Å²) in [5.74, 6) is 0. The van der Waals surface area contributed by atoms with E-state index in [2.05, 4.69) is 35.3 Å². The maximum absolute atomic E-state index is 2.46. The van der Waals surface area contributed by atoms with Crippen LogP contribution in [0.25, 0.3) is 0 Å². The molecule has 0 atom stereocenters. The molecule has 0 spiro atoms. The van der Waals surface area contributed by atoms with E-state index in [0.717, 1.165) is 0 Å². The van der Waals surface area contributed by atoms with Gasteiger partial charge in [0.2, 0.25) is 0 Å². The molecule has 0 aromatic carbocycles. The van der Waals surface area contributed by atoms with Gasteiger partial charge in [0, 0.05) is 31.1 Å². The topological polar surface area (TPSA) is 6.48 Å². The van der Waals surface area contributed by atoms with Gasteiger partial charge in [-0.2, -0.15) is 0 Å². The van der Waals surface area contributed by atoms with Crippen LogP contribution in [0.4, 0.5) is 0 Å². The fourth-order valence-corrected chi connectivity index (χ4v) is 3.65. The quantitative estimate of drug-likeness (QED) is 0.717. The molecular weight excluding hydrogens is 212 g/mol. The molecule has 2 nitrogen and oxygen atoms in total. The van der Waals surface area contributed by atoms with Crippen LogP contribution in [0, 0.1) is 6.92 Å². The number of piperazine rings is 1. The Labute approximate surface area is 94.0 Å². The highest BCUT2D eigenvalue weighted by molar-refractivity contribution is 7.98. The van der Waals surface area contributed by atoms with Gasteiger partial charge in [0.05, 0.1) is 4.21 Å². The van der Waals surface area contributed by atoms with Crippen LogP contribution in [0.5, 0.6) is 0 Å². The first-order valence-electron chi connectivity index (χ1n) is 4.92. The summed E-state index contributed by atoms with van der Waals surface area (Å²) in [6.07, 6.45) is 0. The Morgan fingerprint density at radius 3 is 2.50 bits per heavy atom. The van der Waals surface area contributed by atoms with Crippen LogP contribution in [0.15, 0.2) is 16.3 Å². The average Bonchev–Trinajstić information content (AvgIpc) is 2.56. The Morgan fingerprint density at radius 1 is 1.21 bits per heavy atom. The minimum Gasteiger partial charge on any atom is -0.304 e. The van der Waals surface area contributed by atoms with E-state index in [1.54, 1.807) is 0 Å². The third kappa shape index (κ3) is 2.73. The van der Waals surface area contributed by atoms with Gasteiger partial charge in [-0.1, -0.05) is 0 Å². The normalized spacial score (nSPS) is 20.1. The summed E-state index contributed by atoms with van der Waals surface area (Å²) in [5.41, 5.74) is 0. The zero-order valence-corrected chi connectivity index (χ0v) is 10.3. The number of thiophene rings is 1. The van der Waals surface area contributed by atoms with Crippen molar-refractivity contribution in [3.63, 3.8) is 0 Å². The van der Waals surface area contributed by atoms with Gasteiger partial charge >= 0.3 is 0 Å². The number of hydrogen-bond acceptors (Lipinski definition) is 4. The molecule has 1 saturated heterocycles. The molecule has 0 amide bonds. The van der Waals surface area contributed by atoms with Crippen molar-refractivity contribution in [1.29, 1.82) is 0 Å². The predicted octanol–water partition coefficient (Wildman–Crippen LogP) is 2.31. The van der Waals surface area contributed by atoms with E-state index in [4.69, 9.17) is 0 Å². The second kappa shape index (κ2) is 4.66. The summed E-state index contributed by atoms with van der Waals surface area (Å²) in [4.78, 5) is 3.79. The first-order valence-corrected chi connectivity index (χ1v) is 6.51. The van der Waals surface area contributed by atoms with E-state index in [9.17, 15) is 0 Å². The van der Waals surface area contributed by atoms with Gasteiger partial charge in [-0.15, -0.1) is 11.3 Å². The molecule has 1 aliphatic rings. The maximum Gasteiger partial charge on any atom is 0.0756 e. The molecule has 0 unspecified atom stereocenters. The van der Waals surface area contributed by atoms with E-state index in [1.807, 2.05) is 23.3 Å². The lowest BCUT2D eigenvalue weighted by Gasteiger charge is -2.30. The molecule has 0 bridgehead atoms. The van der Waals surface area contributed by atoms with Gasteiger partial charge < -0.3 is 4.90 Å². The Balaban J connectivity index is 1.86. The maximum atomic E-state index is 2.46. The number of rotatable bonds is 2. The van der Waals surface area contributed by atoms with Crippen LogP contribution < -0.4 is 0 Å². The van der Waals surface area contributed by atoms with Crippen molar-refractivity contribution in [2.24, 2.45) is 0 Å². The van der Waals surface area contributed by atoms with Crippen LogP contribution in [-0.4, -0.2) is 42.4 Å². The van der Waals surface area contributed by atoms with Crippen LogP contribution in [0.2, 0.25) is 0 Å². The van der Waals surface area contributed by atoms with Crippen LogP contribution >= 0.6 is 23.3 Å². The molecule has 1 aliphatic heterocycles. The summed E-state index contributed by atoms with van der Waals surface area (Å²) in [7, 11) is 2.19. The SMILES string of the molecule is Cc1ccc(SN2CCN(C)CC2)s1. The Hall–Kier alpha value is -0.0300. The molecule has 0 N–H and O–H groups in total. The lowest BCUT2D eigenvalue weighted by molar-refractivity contribution is 0.233. The zero-order valence-electron chi connectivity index (χ0n) is 8.69. The molecule has 78 valence electrons. The number of aryl methyl sites for hydroxylation is 1. The van der Waals surface area contributed by atoms with E-state index >= 15 is 0 Å². The lowest BCUT2D eigenvalue weighted by atomic mass is 10.4. The van der Waals surface area contributed by atoms with Crippen LogP contribution in [0.1, 0.15) is 4.88 Å². The van der Waals surface area contributed by atoms with Gasteiger partial charge in [-0.05, 0) is 38.1 Å². The fourth-order valence-electron chi connectivity index (χ4n) is 1.47. The standard InChI is InChI=1S/C10H16N2S2/c1-9-3-4-10(13-9)14-12-7-5-11(2)6-8-12/h3-4H,5-8H2,1-2H3. The summed E-state index contributed by atoms with van der Waals surface area (Å²) in [6.45, 7) is 6.91. The second-order valence-electron chi connectivity index (χ2n) is 3.69. The zero-order chi connectivity index (χ0) is 9.97. The van der Waals surface area contributed by atoms with Crippen molar-refractivity contribution >= 4 is 23.3 Å². The van der Waals surface area contributed by atoms with Crippen molar-refractivity contribution in [2.75, 3.05) is 33.2 Å². The van der Waals surface area contributed by atoms with Gasteiger partial charge in [-0.25, -0.2) is 4.31 Å². The molecule has 14 heavy (non-hydrogen) atoms. The highest BCUT2D eigenvalue weighted by Gasteiger charge is 2.15. The van der Waals surface area contributed by atoms with Gasteiger partial charge in [0.25, 0.3) is 0 Å². The molecule has 1 aromatic rings. The predicted molar refractivity (Wildman–Crippen MR) is 64.0 cm³/mol. The van der Waals surface area contributed by atoms with Gasteiger partial charge in [0.15, 0.2) is 0 Å². The first kappa shape index (κ1) is 10.5. The third-order valence-corrected chi connectivity index (χ3v) is 4.61. The van der Waals surface area contributed by atoms with Crippen molar-refractivity contribution in [3.05, 3.63) is 17.0 Å². The molecule has 1 aromatic heterocycles. The third-order valence-electron chi connectivity index (χ3n) is 2.40. The molecule has 1 fully saturated rings. The fraction of sp³-hybridized carbons (Fsp3) is 0.600. The van der Waals surface area contributed by atoms with Crippen molar-refractivity contribution in [2.45, 2.75) is 11.1 Å². The molecule has 4 heteroatoms. The molecule has 0 aliphatic carbocycles. The molecule has 2 heterocycles. The molecule has 2 rings (SSSR count). The van der Waals surface area contributed by atoms with E-state index in [1.165, 1.54) is 35.3 Å². The van der Waals surface area contributed by atoms with Crippen LogP contribution in [0.3, 0.4) is 0 Å². The summed E-state index contributed by atoms with van der Waals surface area (Å²) >= 11 is 3.80. The van der Waals surface area contributed by atoms with E-state index in [-0.39, 0.29) is 0 Å². The Morgan fingerprint density at radius 2 is 1.93 bits per heavy atom. The first-order chi connectivity index (χ1) is 6.74. The summed E-state index contributed by atoms with van der Waals surface area (Å²) in [5, 5.41) is 0. The lowest BCUT2D eigenvalue weighted by Crippen LogP contribution is -2.40. The second-order valence-corrected chi connectivity index (χ2v) is 6.37. The van der Waals surface area contributed by atoms with Crippen molar-refractivity contribution < 1.29 is 0 Å². The monoisotopic (exact) mass is 228 g/mol. The Bertz CT molecular complexity index is 290. The number of hydrogen-bond donors (Lipinski definition) is 0. The summed E-state index contributed by atoms with van der Waals surface area (Å²) in [6, 6.07) is 4.42. The average molecular weight is 228 g/mol. The highest BCUT2D eigenvalue weighted by atomic mass is 32.2. The smallest absolute Gasteiger partial charge is 0.0756 e. The Kier molecular flexibility index (Phi) is 3.49. The van der Waals surface area contributed by atoms with Crippen molar-refractivity contribution in [3.8, 4) is 0 Å². The van der Waals surface area contributed by atoms with Gasteiger partial charge in [0.1, 0.15) is 0 Å². The van der Waals surface area contributed by atoms with Gasteiger partial charge in [-0.3, -0.25) is 0 Å². The van der Waals surface area contributed by atoms with E-state index < -0.39 is 0 Å². The molecular formula is C10H16N2S2. The largest absolute Gasteiger partial charge is 0.304 e. The minimum atomic E-state index is 1.18. The van der Waals surface area contributed by atoms with Crippen molar-refractivity contribution in [1.82, 2.24) is 9.21 Å². The van der Waals surface area contributed by atoms with Crippen LogP contribution in [-0.2, 0) is 0 Å². The number of likely N-dealkylation sites (N-methyl/N-ethyl adjacent to an activating group) is 1. The summed E-state index contributed by atoms with van der Waals surface area (Å²) < 4.78 is 3.89. The molecule has 0 saturated carbocycles. The number of nitrogens with zero attached hydrogens (tertiary/aromatic N) is 2. The molecule has 0 radical (unpaired) electrons. The van der Waals surface area contributed by atoms with E-state index in [0.29, 0.717) is 0 Å². The minimum absolute atomic E-state index is 1.18. The highest BCUT2D eigenvalue weighted by Crippen LogP contribution is 2.29.